The lowest BCUT2D eigenvalue weighted by Gasteiger charge is -2.18. The van der Waals surface area contributed by atoms with Gasteiger partial charge in [-0.25, -0.2) is 4.39 Å². The van der Waals surface area contributed by atoms with Crippen molar-refractivity contribution in [2.24, 2.45) is 0 Å². The van der Waals surface area contributed by atoms with Crippen LogP contribution in [-0.2, 0) is 4.79 Å². The molecule has 1 atom stereocenters. The zero-order valence-corrected chi connectivity index (χ0v) is 16.9. The number of para-hydroxylation sites is 1. The van der Waals surface area contributed by atoms with Gasteiger partial charge in [0.05, 0.1) is 17.5 Å². The van der Waals surface area contributed by atoms with Crippen molar-refractivity contribution in [2.45, 2.75) is 11.2 Å². The summed E-state index contributed by atoms with van der Waals surface area (Å²) in [7, 11) is 0. The third-order valence-electron chi connectivity index (χ3n) is 4.23. The molecule has 29 heavy (non-hydrogen) atoms. The van der Waals surface area contributed by atoms with Gasteiger partial charge >= 0.3 is 0 Å². The lowest BCUT2D eigenvalue weighted by molar-refractivity contribution is -0.119. The first-order valence-electron chi connectivity index (χ1n) is 8.88. The van der Waals surface area contributed by atoms with Crippen LogP contribution < -0.4 is 5.32 Å². The Balaban J connectivity index is 1.47. The van der Waals surface area contributed by atoms with Crippen molar-refractivity contribution in [1.82, 2.24) is 20.1 Å². The van der Waals surface area contributed by atoms with Crippen LogP contribution in [0.4, 0.5) is 4.39 Å². The number of hydrogen-bond acceptors (Lipinski definition) is 5. The van der Waals surface area contributed by atoms with Gasteiger partial charge in [-0.2, -0.15) is 0 Å². The van der Waals surface area contributed by atoms with E-state index in [9.17, 15) is 9.18 Å². The fourth-order valence-electron chi connectivity index (χ4n) is 2.89. The highest BCUT2D eigenvalue weighted by atomic mass is 32.2. The van der Waals surface area contributed by atoms with Gasteiger partial charge in [-0.15, -0.1) is 21.5 Å². The smallest absolute Gasteiger partial charge is 0.231 e. The summed E-state index contributed by atoms with van der Waals surface area (Å²) in [5, 5.41) is 13.4. The van der Waals surface area contributed by atoms with Crippen LogP contribution in [0, 0.1) is 5.82 Å². The number of amides is 1. The van der Waals surface area contributed by atoms with Crippen molar-refractivity contribution in [1.29, 1.82) is 0 Å². The van der Waals surface area contributed by atoms with E-state index in [2.05, 4.69) is 15.5 Å². The first kappa shape index (κ1) is 19.4. The first-order valence-corrected chi connectivity index (χ1v) is 10.7. The fraction of sp³-hybridized carbons (Fsp3) is 0.0952. The lowest BCUT2D eigenvalue weighted by Crippen LogP contribution is -2.30. The molecular formula is C21H17FN4OS2. The van der Waals surface area contributed by atoms with E-state index < -0.39 is 0 Å². The molecule has 2 heterocycles. The molecule has 0 aliphatic rings. The van der Waals surface area contributed by atoms with Gasteiger partial charge in [-0.3, -0.25) is 9.36 Å². The lowest BCUT2D eigenvalue weighted by atomic mass is 10.1. The Bertz CT molecular complexity index is 1080. The van der Waals surface area contributed by atoms with Crippen molar-refractivity contribution in [3.05, 3.63) is 94.7 Å². The molecule has 0 unspecified atom stereocenters. The number of benzene rings is 2. The number of nitrogens with one attached hydrogen (secondary N) is 1. The Morgan fingerprint density at radius 2 is 1.90 bits per heavy atom. The van der Waals surface area contributed by atoms with E-state index in [1.165, 1.54) is 24.2 Å². The van der Waals surface area contributed by atoms with E-state index in [0.717, 1.165) is 10.4 Å². The Hall–Kier alpha value is -2.97. The molecule has 4 aromatic rings. The molecule has 2 aromatic heterocycles. The molecule has 0 saturated heterocycles. The molecule has 8 heteroatoms. The molecule has 2 aromatic carbocycles. The van der Waals surface area contributed by atoms with Crippen LogP contribution in [-0.4, -0.2) is 26.4 Å². The fourth-order valence-corrected chi connectivity index (χ4v) is 4.42. The van der Waals surface area contributed by atoms with Crippen molar-refractivity contribution >= 4 is 29.0 Å². The number of nitrogens with zero attached hydrogens (tertiary/aromatic N) is 3. The van der Waals surface area contributed by atoms with Gasteiger partial charge in [0.15, 0.2) is 5.16 Å². The number of aromatic nitrogens is 3. The predicted octanol–water partition coefficient (Wildman–Crippen LogP) is 4.47. The van der Waals surface area contributed by atoms with E-state index in [-0.39, 0.29) is 23.5 Å². The summed E-state index contributed by atoms with van der Waals surface area (Å²) in [6.45, 7) is 0. The molecule has 146 valence electrons. The SMILES string of the molecule is O=C(CSc1nncn1-c1ccccc1F)N[C@H](c1ccccc1)c1cccs1. The van der Waals surface area contributed by atoms with Gasteiger partial charge in [-0.1, -0.05) is 60.3 Å². The predicted molar refractivity (Wildman–Crippen MR) is 113 cm³/mol. The minimum Gasteiger partial charge on any atom is -0.344 e. The van der Waals surface area contributed by atoms with Crippen molar-refractivity contribution in [2.75, 3.05) is 5.75 Å². The van der Waals surface area contributed by atoms with Gasteiger partial charge in [0, 0.05) is 4.88 Å². The summed E-state index contributed by atoms with van der Waals surface area (Å²) in [6.07, 6.45) is 1.44. The zero-order valence-electron chi connectivity index (χ0n) is 15.2. The minimum absolute atomic E-state index is 0.139. The summed E-state index contributed by atoms with van der Waals surface area (Å²) in [5.41, 5.74) is 1.36. The number of rotatable bonds is 7. The number of thioether (sulfide) groups is 1. The molecule has 5 nitrogen and oxygen atoms in total. The molecule has 0 aliphatic heterocycles. The number of carbonyl (C=O) groups is 1. The average Bonchev–Trinajstić information content (AvgIpc) is 3.44. The van der Waals surface area contributed by atoms with Crippen LogP contribution >= 0.6 is 23.1 Å². The van der Waals surface area contributed by atoms with E-state index >= 15 is 0 Å². The molecule has 0 saturated carbocycles. The monoisotopic (exact) mass is 424 g/mol. The minimum atomic E-state index is -0.375. The standard InChI is InChI=1S/C21H17FN4OS2/c22-16-9-4-5-10-17(16)26-14-23-25-21(26)29-13-19(27)24-20(18-11-6-12-28-18)15-7-2-1-3-8-15/h1-12,14,20H,13H2,(H,24,27)/t20-/m1/s1. The summed E-state index contributed by atoms with van der Waals surface area (Å²) >= 11 is 2.81. The van der Waals surface area contributed by atoms with Crippen LogP contribution in [0.2, 0.25) is 0 Å². The van der Waals surface area contributed by atoms with Gasteiger partial charge < -0.3 is 5.32 Å². The van der Waals surface area contributed by atoms with Crippen LogP contribution in [0.3, 0.4) is 0 Å². The van der Waals surface area contributed by atoms with Crippen LogP contribution in [0.5, 0.6) is 0 Å². The summed E-state index contributed by atoms with van der Waals surface area (Å²) in [4.78, 5) is 13.7. The third-order valence-corrected chi connectivity index (χ3v) is 6.11. The average molecular weight is 425 g/mol. The molecule has 4 rings (SSSR count). The zero-order chi connectivity index (χ0) is 20.1. The second-order valence-electron chi connectivity index (χ2n) is 6.15. The molecule has 0 radical (unpaired) electrons. The Morgan fingerprint density at radius 3 is 2.66 bits per heavy atom. The summed E-state index contributed by atoms with van der Waals surface area (Å²) < 4.78 is 15.6. The molecule has 1 amide bonds. The van der Waals surface area contributed by atoms with Gasteiger partial charge in [0.25, 0.3) is 0 Å². The first-order chi connectivity index (χ1) is 14.2. The van der Waals surface area contributed by atoms with Crippen LogP contribution in [0.1, 0.15) is 16.5 Å². The topological polar surface area (TPSA) is 59.8 Å². The van der Waals surface area contributed by atoms with Crippen molar-refractivity contribution in [3.63, 3.8) is 0 Å². The van der Waals surface area contributed by atoms with E-state index in [1.54, 1.807) is 34.1 Å². The molecular weight excluding hydrogens is 407 g/mol. The second-order valence-corrected chi connectivity index (χ2v) is 8.07. The van der Waals surface area contributed by atoms with Gasteiger partial charge in [0.1, 0.15) is 12.1 Å². The molecule has 0 spiro atoms. The van der Waals surface area contributed by atoms with Crippen molar-refractivity contribution in [3.8, 4) is 5.69 Å². The maximum atomic E-state index is 14.1. The van der Waals surface area contributed by atoms with Crippen molar-refractivity contribution < 1.29 is 9.18 Å². The summed E-state index contributed by atoms with van der Waals surface area (Å²) in [6, 6.07) is 20.0. The molecule has 1 N–H and O–H groups in total. The van der Waals surface area contributed by atoms with E-state index in [1.807, 2.05) is 47.8 Å². The van der Waals surface area contributed by atoms with E-state index in [4.69, 9.17) is 0 Å². The highest BCUT2D eigenvalue weighted by Crippen LogP contribution is 2.27. The normalized spacial score (nSPS) is 11.9. The van der Waals surface area contributed by atoms with E-state index in [0.29, 0.717) is 10.8 Å². The highest BCUT2D eigenvalue weighted by molar-refractivity contribution is 7.99. The number of hydrogen-bond donors (Lipinski definition) is 1. The quantitative estimate of drug-likeness (QED) is 0.445. The largest absolute Gasteiger partial charge is 0.344 e. The molecule has 0 fully saturated rings. The maximum absolute atomic E-state index is 14.1. The number of halogens is 1. The number of carbonyl (C=O) groups excluding carboxylic acids is 1. The molecule has 0 aliphatic carbocycles. The molecule has 0 bridgehead atoms. The van der Waals surface area contributed by atoms with Crippen LogP contribution in [0.15, 0.2) is 83.6 Å². The number of thiophene rings is 1. The maximum Gasteiger partial charge on any atom is 0.231 e. The van der Waals surface area contributed by atoms with Gasteiger partial charge in [0.2, 0.25) is 5.91 Å². The Kier molecular flexibility index (Phi) is 6.02. The summed E-state index contributed by atoms with van der Waals surface area (Å²) in [5.74, 6) is -0.372. The highest BCUT2D eigenvalue weighted by Gasteiger charge is 2.19. The third kappa shape index (κ3) is 4.55. The van der Waals surface area contributed by atoms with Crippen LogP contribution in [0.25, 0.3) is 5.69 Å². The second kappa shape index (κ2) is 9.02. The Morgan fingerprint density at radius 1 is 1.10 bits per heavy atom. The Labute approximate surface area is 175 Å². The van der Waals surface area contributed by atoms with Gasteiger partial charge in [-0.05, 0) is 29.1 Å².